The zero-order valence-corrected chi connectivity index (χ0v) is 14.3. The summed E-state index contributed by atoms with van der Waals surface area (Å²) in [7, 11) is 1.23. The first-order chi connectivity index (χ1) is 12.6. The molecule has 0 heterocycles. The van der Waals surface area contributed by atoms with Crippen molar-refractivity contribution in [2.45, 2.75) is 18.9 Å². The summed E-state index contributed by atoms with van der Waals surface area (Å²) in [6.45, 7) is 0. The van der Waals surface area contributed by atoms with E-state index >= 15 is 0 Å². The van der Waals surface area contributed by atoms with Crippen LogP contribution in [-0.4, -0.2) is 19.0 Å². The zero-order valence-electron chi connectivity index (χ0n) is 14.3. The van der Waals surface area contributed by atoms with Crippen LogP contribution < -0.4 is 0 Å². The third-order valence-corrected chi connectivity index (χ3v) is 4.24. The van der Waals surface area contributed by atoms with Crippen molar-refractivity contribution in [3.8, 4) is 6.07 Å². The Morgan fingerprint density at radius 1 is 1.15 bits per heavy atom. The highest BCUT2D eigenvalue weighted by molar-refractivity contribution is 5.92. The molecule has 0 aliphatic heterocycles. The van der Waals surface area contributed by atoms with Gasteiger partial charge in [-0.05, 0) is 48.2 Å². The van der Waals surface area contributed by atoms with E-state index in [4.69, 9.17) is 14.7 Å². The molecule has 0 amide bonds. The van der Waals surface area contributed by atoms with Crippen molar-refractivity contribution < 1.29 is 19.1 Å². The van der Waals surface area contributed by atoms with E-state index in [0.29, 0.717) is 16.7 Å². The number of hydrogen-bond acceptors (Lipinski definition) is 5. The Kier molecular flexibility index (Phi) is 5.14. The first kappa shape index (κ1) is 17.4. The van der Waals surface area contributed by atoms with E-state index in [9.17, 15) is 9.59 Å². The average Bonchev–Trinajstić information content (AvgIpc) is 2.71. The van der Waals surface area contributed by atoms with Crippen molar-refractivity contribution >= 4 is 18.0 Å². The molecule has 26 heavy (non-hydrogen) atoms. The fourth-order valence-electron chi connectivity index (χ4n) is 2.83. The maximum atomic E-state index is 12.6. The predicted octanol–water partition coefficient (Wildman–Crippen LogP) is 3.59. The van der Waals surface area contributed by atoms with Gasteiger partial charge in [-0.15, -0.1) is 0 Å². The van der Waals surface area contributed by atoms with Crippen molar-refractivity contribution in [3.63, 3.8) is 0 Å². The van der Waals surface area contributed by atoms with Gasteiger partial charge in [-0.1, -0.05) is 30.4 Å². The molecule has 0 saturated carbocycles. The molecule has 1 atom stereocenters. The van der Waals surface area contributed by atoms with E-state index in [1.807, 2.05) is 18.2 Å². The topological polar surface area (TPSA) is 76.4 Å². The lowest BCUT2D eigenvalue weighted by atomic mass is 9.95. The van der Waals surface area contributed by atoms with Gasteiger partial charge in [-0.3, -0.25) is 0 Å². The number of rotatable bonds is 4. The molecule has 2 aromatic rings. The lowest BCUT2D eigenvalue weighted by Gasteiger charge is -2.17. The third-order valence-electron chi connectivity index (χ3n) is 4.24. The van der Waals surface area contributed by atoms with Crippen molar-refractivity contribution in [2.75, 3.05) is 7.11 Å². The molecule has 5 heteroatoms. The Hall–Kier alpha value is -3.39. The number of fused-ring (bicyclic) bond motifs is 1. The maximum Gasteiger partial charge on any atom is 0.351 e. The van der Waals surface area contributed by atoms with Crippen molar-refractivity contribution in [3.05, 3.63) is 76.4 Å². The number of esters is 2. The second-order valence-corrected chi connectivity index (χ2v) is 5.90. The normalized spacial score (nSPS) is 13.2. The average molecular weight is 347 g/mol. The summed E-state index contributed by atoms with van der Waals surface area (Å²) in [6.07, 6.45) is 4.74. The monoisotopic (exact) mass is 347 g/mol. The van der Waals surface area contributed by atoms with Crippen LogP contribution in [0.15, 0.2) is 48.5 Å². The molecule has 0 N–H and O–H groups in total. The first-order valence-corrected chi connectivity index (χ1v) is 8.20. The van der Waals surface area contributed by atoms with E-state index in [1.54, 1.807) is 36.4 Å². The summed E-state index contributed by atoms with van der Waals surface area (Å²) in [5, 5.41) is 8.88. The van der Waals surface area contributed by atoms with Gasteiger partial charge in [0.05, 0.1) is 24.3 Å². The smallest absolute Gasteiger partial charge is 0.351 e. The fraction of sp³-hybridized carbons (Fsp3) is 0.190. The maximum absolute atomic E-state index is 12.6. The van der Waals surface area contributed by atoms with E-state index in [1.165, 1.54) is 7.11 Å². The van der Waals surface area contributed by atoms with E-state index in [-0.39, 0.29) is 0 Å². The van der Waals surface area contributed by atoms with Gasteiger partial charge in [-0.25, -0.2) is 9.59 Å². The third kappa shape index (κ3) is 3.65. The van der Waals surface area contributed by atoms with Crippen LogP contribution in [-0.2, 0) is 20.7 Å². The van der Waals surface area contributed by atoms with E-state index in [2.05, 4.69) is 6.08 Å². The number of carbonyl (C=O) groups is 2. The summed E-state index contributed by atoms with van der Waals surface area (Å²) in [5.74, 6) is -1.27. The Morgan fingerprint density at radius 3 is 2.62 bits per heavy atom. The molecule has 1 unspecified atom stereocenters. The van der Waals surface area contributed by atoms with Crippen molar-refractivity contribution in [1.82, 2.24) is 0 Å². The summed E-state index contributed by atoms with van der Waals surface area (Å²) in [6, 6.07) is 13.6. The number of carbonyl (C=O) groups excluding carboxylic acids is 2. The molecule has 1 aliphatic rings. The van der Waals surface area contributed by atoms with Gasteiger partial charge in [0.1, 0.15) is 0 Å². The van der Waals surface area contributed by atoms with Crippen LogP contribution in [0.4, 0.5) is 0 Å². The molecule has 1 aliphatic carbocycles. The molecule has 3 rings (SSSR count). The summed E-state index contributed by atoms with van der Waals surface area (Å²) < 4.78 is 10.2. The molecule has 0 saturated heterocycles. The first-order valence-electron chi connectivity index (χ1n) is 8.20. The quantitative estimate of drug-likeness (QED) is 0.790. The van der Waals surface area contributed by atoms with Gasteiger partial charge in [0, 0.05) is 5.56 Å². The van der Waals surface area contributed by atoms with E-state index < -0.39 is 18.0 Å². The van der Waals surface area contributed by atoms with Crippen LogP contribution in [0.25, 0.3) is 6.08 Å². The number of ether oxygens (including phenoxy) is 2. The second kappa shape index (κ2) is 7.66. The summed E-state index contributed by atoms with van der Waals surface area (Å²) in [4.78, 5) is 24.7. The lowest BCUT2D eigenvalue weighted by molar-refractivity contribution is -0.151. The van der Waals surface area contributed by atoms with Crippen molar-refractivity contribution in [2.24, 2.45) is 0 Å². The standard InChI is InChI=1S/C21H17NO4/c1-25-21(24)19(16-8-6-14(13-22)7-9-16)26-20(23)18-11-10-15-4-2-3-5-17(15)12-18/h2,4,6-12,19H,3,5H2,1H3. The fourth-order valence-corrected chi connectivity index (χ4v) is 2.83. The number of allylic oxidation sites excluding steroid dienone is 1. The van der Waals surface area contributed by atoms with Crippen LogP contribution in [0.5, 0.6) is 0 Å². The van der Waals surface area contributed by atoms with E-state index in [0.717, 1.165) is 24.0 Å². The van der Waals surface area contributed by atoms with Crippen LogP contribution in [0.1, 0.15) is 45.1 Å². The Bertz CT molecular complexity index is 907. The minimum Gasteiger partial charge on any atom is -0.466 e. The Balaban J connectivity index is 1.84. The molecule has 0 bridgehead atoms. The van der Waals surface area contributed by atoms with Gasteiger partial charge in [0.2, 0.25) is 6.10 Å². The number of methoxy groups -OCH3 is 1. The van der Waals surface area contributed by atoms with Crippen LogP contribution in [0.3, 0.4) is 0 Å². The number of hydrogen-bond donors (Lipinski definition) is 0. The van der Waals surface area contributed by atoms with Crippen LogP contribution in [0.2, 0.25) is 0 Å². The van der Waals surface area contributed by atoms with Gasteiger partial charge >= 0.3 is 11.9 Å². The van der Waals surface area contributed by atoms with Gasteiger partial charge < -0.3 is 9.47 Å². The molecule has 0 aromatic heterocycles. The molecule has 0 radical (unpaired) electrons. The zero-order chi connectivity index (χ0) is 18.5. The minimum atomic E-state index is -1.18. The lowest BCUT2D eigenvalue weighted by Crippen LogP contribution is -2.21. The largest absolute Gasteiger partial charge is 0.466 e. The number of nitriles is 1. The molecular formula is C21H17NO4. The number of aryl methyl sites for hydroxylation is 1. The highest BCUT2D eigenvalue weighted by Gasteiger charge is 2.27. The molecule has 0 spiro atoms. The Morgan fingerprint density at radius 2 is 1.92 bits per heavy atom. The highest BCUT2D eigenvalue weighted by Crippen LogP contribution is 2.24. The Labute approximate surface area is 151 Å². The molecule has 2 aromatic carbocycles. The number of nitrogens with zero attached hydrogens (tertiary/aromatic N) is 1. The van der Waals surface area contributed by atoms with Crippen LogP contribution >= 0.6 is 0 Å². The molecule has 130 valence electrons. The summed E-state index contributed by atoms with van der Waals surface area (Å²) >= 11 is 0. The minimum absolute atomic E-state index is 0.390. The predicted molar refractivity (Wildman–Crippen MR) is 95.1 cm³/mol. The number of benzene rings is 2. The van der Waals surface area contributed by atoms with Gasteiger partial charge in [0.15, 0.2) is 0 Å². The van der Waals surface area contributed by atoms with Crippen molar-refractivity contribution in [1.29, 1.82) is 5.26 Å². The highest BCUT2D eigenvalue weighted by atomic mass is 16.6. The SMILES string of the molecule is COC(=O)C(OC(=O)c1ccc2c(c1)CCC=C2)c1ccc(C#N)cc1. The van der Waals surface area contributed by atoms with Gasteiger partial charge in [0.25, 0.3) is 0 Å². The molecule has 0 fully saturated rings. The second-order valence-electron chi connectivity index (χ2n) is 5.90. The molecular weight excluding hydrogens is 330 g/mol. The summed E-state index contributed by atoms with van der Waals surface area (Å²) in [5.41, 5.74) is 3.46. The van der Waals surface area contributed by atoms with Crippen LogP contribution in [0, 0.1) is 11.3 Å². The van der Waals surface area contributed by atoms with Gasteiger partial charge in [-0.2, -0.15) is 5.26 Å². The molecule has 5 nitrogen and oxygen atoms in total.